The molecule has 0 saturated carbocycles. The van der Waals surface area contributed by atoms with Crippen molar-refractivity contribution < 1.29 is 14.3 Å². The summed E-state index contributed by atoms with van der Waals surface area (Å²) < 4.78 is 12.0. The number of esters is 1. The first kappa shape index (κ1) is 15.4. The topological polar surface area (TPSA) is 65.7 Å². The number of hydrogen-bond donors (Lipinski definition) is 0. The first-order valence-corrected chi connectivity index (χ1v) is 8.05. The molecule has 0 spiro atoms. The largest absolute Gasteiger partial charge is 0.496 e. The molecule has 23 heavy (non-hydrogen) atoms. The third kappa shape index (κ3) is 2.75. The Kier molecular flexibility index (Phi) is 4.20. The number of rotatable bonds is 4. The van der Waals surface area contributed by atoms with Crippen molar-refractivity contribution in [3.05, 3.63) is 42.5 Å². The van der Waals surface area contributed by atoms with E-state index in [2.05, 4.69) is 9.97 Å². The highest BCUT2D eigenvalue weighted by molar-refractivity contribution is 7.98. The van der Waals surface area contributed by atoms with Gasteiger partial charge in [0.2, 0.25) is 0 Å². The van der Waals surface area contributed by atoms with Gasteiger partial charge in [-0.3, -0.25) is 0 Å². The van der Waals surface area contributed by atoms with Crippen molar-refractivity contribution in [3.8, 4) is 17.0 Å². The molecule has 0 bridgehead atoms. The summed E-state index contributed by atoms with van der Waals surface area (Å²) in [6.45, 7) is 0. The molecule has 6 nitrogen and oxygen atoms in total. The molecule has 0 saturated heterocycles. The minimum absolute atomic E-state index is 0.181. The van der Waals surface area contributed by atoms with E-state index in [4.69, 9.17) is 9.47 Å². The van der Waals surface area contributed by atoms with E-state index in [0.29, 0.717) is 11.3 Å². The first-order chi connectivity index (χ1) is 11.2. The number of carbonyl (C=O) groups is 1. The summed E-state index contributed by atoms with van der Waals surface area (Å²) in [5.74, 6) is 0.213. The molecular weight excluding hydrogens is 314 g/mol. The summed E-state index contributed by atoms with van der Waals surface area (Å²) in [7, 11) is 2.95. The average Bonchev–Trinajstić information content (AvgIpc) is 3.04. The normalized spacial score (nSPS) is 10.7. The van der Waals surface area contributed by atoms with E-state index in [-0.39, 0.29) is 5.69 Å². The van der Waals surface area contributed by atoms with Gasteiger partial charge in [-0.25, -0.2) is 14.8 Å². The summed E-state index contributed by atoms with van der Waals surface area (Å²) in [6.07, 6.45) is 7.12. The fourth-order valence-corrected chi connectivity index (χ4v) is 2.73. The summed E-state index contributed by atoms with van der Waals surface area (Å²) >= 11 is 1.64. The molecule has 118 valence electrons. The Morgan fingerprint density at radius 1 is 1.30 bits per heavy atom. The molecule has 0 unspecified atom stereocenters. The molecule has 0 aliphatic carbocycles. The van der Waals surface area contributed by atoms with Gasteiger partial charge in [0.1, 0.15) is 5.75 Å². The van der Waals surface area contributed by atoms with Gasteiger partial charge < -0.3 is 13.9 Å². The van der Waals surface area contributed by atoms with Crippen LogP contribution in [0.4, 0.5) is 0 Å². The molecule has 0 aliphatic heterocycles. The second-order valence-electron chi connectivity index (χ2n) is 4.69. The number of hydrogen-bond acceptors (Lipinski definition) is 6. The van der Waals surface area contributed by atoms with Crippen LogP contribution in [-0.4, -0.2) is 40.8 Å². The van der Waals surface area contributed by atoms with Crippen LogP contribution in [0.5, 0.6) is 5.75 Å². The standard InChI is InChI=1S/C16H15N3O3S/c1-21-13-8-10(23-3)4-5-11(13)12-9-19-7-6-17-14(15(19)18-12)16(20)22-2/h4-9H,1-3H3. The van der Waals surface area contributed by atoms with Crippen molar-refractivity contribution >= 4 is 23.4 Å². The second-order valence-corrected chi connectivity index (χ2v) is 5.57. The molecule has 3 aromatic rings. The molecule has 0 fully saturated rings. The molecule has 3 rings (SSSR count). The van der Waals surface area contributed by atoms with Crippen molar-refractivity contribution in [3.63, 3.8) is 0 Å². The number of ether oxygens (including phenoxy) is 2. The summed E-state index contributed by atoms with van der Waals surface area (Å²) in [5, 5.41) is 0. The zero-order valence-electron chi connectivity index (χ0n) is 12.9. The highest BCUT2D eigenvalue weighted by atomic mass is 32.2. The predicted molar refractivity (Wildman–Crippen MR) is 88.1 cm³/mol. The lowest BCUT2D eigenvalue weighted by Gasteiger charge is -2.07. The minimum atomic E-state index is -0.516. The van der Waals surface area contributed by atoms with E-state index >= 15 is 0 Å². The molecule has 1 aromatic carbocycles. The number of imidazole rings is 1. The average molecular weight is 329 g/mol. The van der Waals surface area contributed by atoms with E-state index in [0.717, 1.165) is 16.2 Å². The summed E-state index contributed by atoms with van der Waals surface area (Å²) in [6, 6.07) is 5.92. The number of carbonyl (C=O) groups excluding carboxylic acids is 1. The van der Waals surface area contributed by atoms with E-state index in [1.807, 2.05) is 30.7 Å². The van der Waals surface area contributed by atoms with E-state index < -0.39 is 5.97 Å². The van der Waals surface area contributed by atoms with E-state index in [9.17, 15) is 4.79 Å². The summed E-state index contributed by atoms with van der Waals surface area (Å²) in [5.41, 5.74) is 2.18. The summed E-state index contributed by atoms with van der Waals surface area (Å²) in [4.78, 5) is 21.5. The fraction of sp³-hybridized carbons (Fsp3) is 0.188. The SMILES string of the molecule is COC(=O)c1nccn2cc(-c3ccc(SC)cc3OC)nc12. The minimum Gasteiger partial charge on any atom is -0.496 e. The van der Waals surface area contributed by atoms with Crippen LogP contribution in [0.1, 0.15) is 10.5 Å². The zero-order chi connectivity index (χ0) is 16.4. The van der Waals surface area contributed by atoms with Gasteiger partial charge in [0.05, 0.1) is 19.9 Å². The Morgan fingerprint density at radius 3 is 2.83 bits per heavy atom. The van der Waals surface area contributed by atoms with Gasteiger partial charge in [-0.05, 0) is 24.5 Å². The third-order valence-corrected chi connectivity index (χ3v) is 4.16. The van der Waals surface area contributed by atoms with Crippen molar-refractivity contribution in [2.45, 2.75) is 4.90 Å². The maximum atomic E-state index is 11.8. The second kappa shape index (κ2) is 6.29. The Balaban J connectivity index is 2.16. The molecule has 2 heterocycles. The van der Waals surface area contributed by atoms with Gasteiger partial charge in [-0.15, -0.1) is 11.8 Å². The van der Waals surface area contributed by atoms with Gasteiger partial charge in [0, 0.05) is 29.0 Å². The van der Waals surface area contributed by atoms with Gasteiger partial charge in [0.15, 0.2) is 11.3 Å². The first-order valence-electron chi connectivity index (χ1n) is 6.82. The Labute approximate surface area is 137 Å². The van der Waals surface area contributed by atoms with Crippen molar-refractivity contribution in [1.29, 1.82) is 0 Å². The van der Waals surface area contributed by atoms with Crippen LogP contribution >= 0.6 is 11.8 Å². The smallest absolute Gasteiger partial charge is 0.360 e. The number of fused-ring (bicyclic) bond motifs is 1. The van der Waals surface area contributed by atoms with Crippen LogP contribution in [0.2, 0.25) is 0 Å². The predicted octanol–water partition coefficient (Wildman–Crippen LogP) is 2.91. The maximum absolute atomic E-state index is 11.8. The third-order valence-electron chi connectivity index (χ3n) is 3.44. The molecule has 0 radical (unpaired) electrons. The van der Waals surface area contributed by atoms with Gasteiger partial charge in [-0.1, -0.05) is 0 Å². The number of nitrogens with zero attached hydrogens (tertiary/aromatic N) is 3. The maximum Gasteiger partial charge on any atom is 0.360 e. The Hall–Kier alpha value is -2.54. The fourth-order valence-electron chi connectivity index (χ4n) is 2.30. The number of thioether (sulfide) groups is 1. The highest BCUT2D eigenvalue weighted by Crippen LogP contribution is 2.33. The highest BCUT2D eigenvalue weighted by Gasteiger charge is 2.17. The monoisotopic (exact) mass is 329 g/mol. The molecule has 0 atom stereocenters. The molecular formula is C16H15N3O3S. The Morgan fingerprint density at radius 2 is 2.13 bits per heavy atom. The zero-order valence-corrected chi connectivity index (χ0v) is 13.8. The quantitative estimate of drug-likeness (QED) is 0.542. The van der Waals surface area contributed by atoms with Crippen molar-refractivity contribution in [2.75, 3.05) is 20.5 Å². The number of benzene rings is 1. The van der Waals surface area contributed by atoms with Gasteiger partial charge in [-0.2, -0.15) is 0 Å². The van der Waals surface area contributed by atoms with E-state index in [1.165, 1.54) is 7.11 Å². The van der Waals surface area contributed by atoms with Crippen LogP contribution in [0.15, 0.2) is 41.7 Å². The molecule has 0 aliphatic rings. The van der Waals surface area contributed by atoms with Crippen LogP contribution < -0.4 is 4.74 Å². The molecule has 2 aromatic heterocycles. The Bertz CT molecular complexity index is 876. The van der Waals surface area contributed by atoms with Crippen LogP contribution in [0.3, 0.4) is 0 Å². The molecule has 7 heteroatoms. The number of methoxy groups -OCH3 is 2. The molecule has 0 amide bonds. The lowest BCUT2D eigenvalue weighted by atomic mass is 10.1. The molecule has 0 N–H and O–H groups in total. The van der Waals surface area contributed by atoms with Crippen LogP contribution in [-0.2, 0) is 4.74 Å². The van der Waals surface area contributed by atoms with Crippen LogP contribution in [0.25, 0.3) is 16.9 Å². The lowest BCUT2D eigenvalue weighted by Crippen LogP contribution is -2.06. The van der Waals surface area contributed by atoms with Gasteiger partial charge >= 0.3 is 5.97 Å². The van der Waals surface area contributed by atoms with Gasteiger partial charge in [0.25, 0.3) is 0 Å². The lowest BCUT2D eigenvalue weighted by molar-refractivity contribution is 0.0595. The van der Waals surface area contributed by atoms with Crippen molar-refractivity contribution in [2.24, 2.45) is 0 Å². The van der Waals surface area contributed by atoms with E-state index in [1.54, 1.807) is 35.7 Å². The van der Waals surface area contributed by atoms with Crippen molar-refractivity contribution in [1.82, 2.24) is 14.4 Å². The van der Waals surface area contributed by atoms with Crippen LogP contribution in [0, 0.1) is 0 Å². The number of aromatic nitrogens is 3.